The Hall–Kier alpha value is -1.88. The van der Waals surface area contributed by atoms with Crippen LogP contribution in [-0.2, 0) is 23.8 Å². The first-order valence-corrected chi connectivity index (χ1v) is 27.5. The number of hydrogen-bond acceptors (Lipinski definition) is 5. The van der Waals surface area contributed by atoms with Crippen LogP contribution < -0.4 is 0 Å². The van der Waals surface area contributed by atoms with E-state index < -0.39 is 6.10 Å². The van der Waals surface area contributed by atoms with Crippen LogP contribution in [0.2, 0.25) is 0 Å². The molecule has 1 atom stereocenters. The summed E-state index contributed by atoms with van der Waals surface area (Å²) in [7, 11) is 0. The molecule has 0 aliphatic rings. The quantitative estimate of drug-likeness (QED) is 0.0346. The molecule has 0 aliphatic heterocycles. The average Bonchev–Trinajstić information content (AvgIpc) is 3.27. The van der Waals surface area contributed by atoms with Gasteiger partial charge in [0.05, 0.1) is 6.61 Å². The SMILES string of the molecule is CCCCC/C=C\C/C=C\C/C=C\CCCCCCC(=O)O[C@H](COCCCCCCCCCCCCCCCCCC)COC(=O)CCCCCCCCCCCCCCC. The van der Waals surface area contributed by atoms with Gasteiger partial charge in [0.25, 0.3) is 0 Å². The van der Waals surface area contributed by atoms with Gasteiger partial charge in [0.1, 0.15) is 6.61 Å². The summed E-state index contributed by atoms with van der Waals surface area (Å²) in [5.41, 5.74) is 0. The third kappa shape index (κ3) is 50.8. The zero-order chi connectivity index (χ0) is 44.9. The fraction of sp³-hybridized carbons (Fsp3) is 0.860. The summed E-state index contributed by atoms with van der Waals surface area (Å²) in [5, 5.41) is 0. The molecule has 0 fully saturated rings. The highest BCUT2D eigenvalue weighted by atomic mass is 16.6. The topological polar surface area (TPSA) is 61.8 Å². The van der Waals surface area contributed by atoms with E-state index in [-0.39, 0.29) is 25.2 Å². The van der Waals surface area contributed by atoms with E-state index in [4.69, 9.17) is 14.2 Å². The standard InChI is InChI=1S/C57H106O5/c1-4-7-10-13-16-19-22-25-27-29-30-33-36-39-42-45-48-51-57(59)62-55(54-61-56(58)50-47-44-41-38-35-32-24-21-18-15-12-9-6-3)53-60-52-49-46-43-40-37-34-31-28-26-23-20-17-14-11-8-5-2/h16,19,25,27,30,33,55H,4-15,17-18,20-24,26,28-29,31-32,34-54H2,1-3H3/b19-16-,27-25-,33-30-/t55-/m1/s1. The normalized spacial score (nSPS) is 12.4. The van der Waals surface area contributed by atoms with Crippen molar-refractivity contribution in [1.29, 1.82) is 0 Å². The molecular weight excluding hydrogens is 765 g/mol. The molecule has 0 heterocycles. The fourth-order valence-corrected chi connectivity index (χ4v) is 8.05. The Morgan fingerprint density at radius 2 is 0.677 bits per heavy atom. The van der Waals surface area contributed by atoms with Crippen molar-refractivity contribution in [3.8, 4) is 0 Å². The summed E-state index contributed by atoms with van der Waals surface area (Å²) < 4.78 is 17.4. The van der Waals surface area contributed by atoms with Crippen LogP contribution in [0.15, 0.2) is 36.5 Å². The van der Waals surface area contributed by atoms with Crippen LogP contribution in [0.5, 0.6) is 0 Å². The first kappa shape index (κ1) is 60.1. The molecule has 5 heteroatoms. The van der Waals surface area contributed by atoms with Crippen molar-refractivity contribution in [2.75, 3.05) is 19.8 Å². The minimum Gasteiger partial charge on any atom is -0.462 e. The number of carbonyl (C=O) groups excluding carboxylic acids is 2. The van der Waals surface area contributed by atoms with E-state index in [1.54, 1.807) is 0 Å². The van der Waals surface area contributed by atoms with Crippen molar-refractivity contribution < 1.29 is 23.8 Å². The summed E-state index contributed by atoms with van der Waals surface area (Å²) >= 11 is 0. The van der Waals surface area contributed by atoms with Gasteiger partial charge in [0.2, 0.25) is 0 Å². The number of carbonyl (C=O) groups is 2. The lowest BCUT2D eigenvalue weighted by Gasteiger charge is -2.18. The summed E-state index contributed by atoms with van der Waals surface area (Å²) in [5.74, 6) is -0.404. The van der Waals surface area contributed by atoms with Gasteiger partial charge in [0.15, 0.2) is 6.10 Å². The van der Waals surface area contributed by atoms with Crippen LogP contribution in [-0.4, -0.2) is 37.9 Å². The molecular formula is C57H106O5. The fourth-order valence-electron chi connectivity index (χ4n) is 8.05. The number of rotatable bonds is 51. The molecule has 62 heavy (non-hydrogen) atoms. The predicted octanol–water partition coefficient (Wildman–Crippen LogP) is 18.6. The Labute approximate surface area is 387 Å². The lowest BCUT2D eigenvalue weighted by Crippen LogP contribution is -2.30. The van der Waals surface area contributed by atoms with E-state index in [1.165, 1.54) is 193 Å². The van der Waals surface area contributed by atoms with Gasteiger partial charge in [-0.2, -0.15) is 0 Å². The van der Waals surface area contributed by atoms with Gasteiger partial charge in [-0.15, -0.1) is 0 Å². The van der Waals surface area contributed by atoms with Gasteiger partial charge in [-0.05, 0) is 57.8 Å². The third-order valence-corrected chi connectivity index (χ3v) is 12.2. The van der Waals surface area contributed by atoms with Crippen LogP contribution in [0.4, 0.5) is 0 Å². The number of allylic oxidation sites excluding steroid dienone is 6. The molecule has 0 aromatic carbocycles. The Morgan fingerprint density at radius 3 is 1.11 bits per heavy atom. The van der Waals surface area contributed by atoms with Gasteiger partial charge in [-0.3, -0.25) is 9.59 Å². The minimum absolute atomic E-state index is 0.0826. The van der Waals surface area contributed by atoms with Crippen molar-refractivity contribution in [3.63, 3.8) is 0 Å². The molecule has 0 unspecified atom stereocenters. The van der Waals surface area contributed by atoms with Gasteiger partial charge in [-0.1, -0.05) is 256 Å². The van der Waals surface area contributed by atoms with E-state index >= 15 is 0 Å². The largest absolute Gasteiger partial charge is 0.462 e. The van der Waals surface area contributed by atoms with Gasteiger partial charge in [0, 0.05) is 19.4 Å². The molecule has 5 nitrogen and oxygen atoms in total. The second kappa shape index (κ2) is 53.5. The van der Waals surface area contributed by atoms with Crippen molar-refractivity contribution in [2.24, 2.45) is 0 Å². The lowest BCUT2D eigenvalue weighted by molar-refractivity contribution is -0.163. The van der Waals surface area contributed by atoms with E-state index in [1.807, 2.05) is 0 Å². The van der Waals surface area contributed by atoms with Crippen LogP contribution >= 0.6 is 0 Å². The molecule has 0 aromatic heterocycles. The molecule has 0 aliphatic carbocycles. The Bertz CT molecular complexity index is 986. The van der Waals surface area contributed by atoms with Crippen molar-refractivity contribution in [3.05, 3.63) is 36.5 Å². The number of esters is 2. The monoisotopic (exact) mass is 871 g/mol. The average molecular weight is 871 g/mol. The zero-order valence-corrected chi connectivity index (χ0v) is 41.9. The first-order chi connectivity index (χ1) is 30.6. The summed E-state index contributed by atoms with van der Waals surface area (Å²) in [4.78, 5) is 25.4. The van der Waals surface area contributed by atoms with Crippen LogP contribution in [0.1, 0.15) is 290 Å². The maximum Gasteiger partial charge on any atom is 0.306 e. The smallest absolute Gasteiger partial charge is 0.306 e. The molecule has 364 valence electrons. The highest BCUT2D eigenvalue weighted by molar-refractivity contribution is 5.70. The highest BCUT2D eigenvalue weighted by Crippen LogP contribution is 2.16. The first-order valence-electron chi connectivity index (χ1n) is 27.5. The second-order valence-electron chi connectivity index (χ2n) is 18.5. The molecule has 0 radical (unpaired) electrons. The lowest BCUT2D eigenvalue weighted by atomic mass is 10.0. The van der Waals surface area contributed by atoms with Gasteiger partial charge < -0.3 is 14.2 Å². The van der Waals surface area contributed by atoms with Crippen LogP contribution in [0.3, 0.4) is 0 Å². The molecule has 0 bridgehead atoms. The summed E-state index contributed by atoms with van der Waals surface area (Å²) in [6, 6.07) is 0. The van der Waals surface area contributed by atoms with Crippen LogP contribution in [0, 0.1) is 0 Å². The molecule has 0 saturated carbocycles. The zero-order valence-electron chi connectivity index (χ0n) is 41.9. The molecule has 0 N–H and O–H groups in total. The molecule has 0 rings (SSSR count). The Morgan fingerprint density at radius 1 is 0.355 bits per heavy atom. The molecule has 0 spiro atoms. The van der Waals surface area contributed by atoms with Crippen molar-refractivity contribution in [2.45, 2.75) is 297 Å². The number of hydrogen-bond donors (Lipinski definition) is 0. The molecule has 0 amide bonds. The van der Waals surface area contributed by atoms with E-state index in [9.17, 15) is 9.59 Å². The summed E-state index contributed by atoms with van der Waals surface area (Å²) in [6.07, 6.45) is 64.4. The van der Waals surface area contributed by atoms with Crippen molar-refractivity contribution >= 4 is 11.9 Å². The second-order valence-corrected chi connectivity index (χ2v) is 18.5. The predicted molar refractivity (Wildman–Crippen MR) is 270 cm³/mol. The van der Waals surface area contributed by atoms with Crippen LogP contribution in [0.25, 0.3) is 0 Å². The van der Waals surface area contributed by atoms with Crippen molar-refractivity contribution in [1.82, 2.24) is 0 Å². The molecule has 0 saturated heterocycles. The highest BCUT2D eigenvalue weighted by Gasteiger charge is 2.17. The number of ether oxygens (including phenoxy) is 3. The number of unbranched alkanes of at least 4 members (excludes halogenated alkanes) is 34. The van der Waals surface area contributed by atoms with E-state index in [2.05, 4.69) is 57.2 Å². The molecule has 0 aromatic rings. The minimum atomic E-state index is -0.542. The Balaban J connectivity index is 4.27. The van der Waals surface area contributed by atoms with E-state index in [0.29, 0.717) is 19.4 Å². The summed E-state index contributed by atoms with van der Waals surface area (Å²) in [6.45, 7) is 7.83. The Kier molecular flexibility index (Phi) is 51.8. The van der Waals surface area contributed by atoms with Gasteiger partial charge >= 0.3 is 11.9 Å². The maximum atomic E-state index is 12.8. The third-order valence-electron chi connectivity index (χ3n) is 12.2. The maximum absolute atomic E-state index is 12.8. The van der Waals surface area contributed by atoms with E-state index in [0.717, 1.165) is 64.2 Å². The van der Waals surface area contributed by atoms with Gasteiger partial charge in [-0.25, -0.2) is 0 Å².